The molecule has 7 heteroatoms. The number of fused-ring (bicyclic) bond motifs is 1. The average Bonchev–Trinajstić information content (AvgIpc) is 3.27. The van der Waals surface area contributed by atoms with Crippen LogP contribution in [0.15, 0.2) is 67.1 Å². The van der Waals surface area contributed by atoms with Crippen molar-refractivity contribution in [1.29, 1.82) is 0 Å². The maximum Gasteiger partial charge on any atom is 0.254 e. The topological polar surface area (TPSA) is 67.2 Å². The quantitative estimate of drug-likeness (QED) is 0.513. The average molecular weight is 412 g/mol. The smallest absolute Gasteiger partial charge is 0.254 e. The van der Waals surface area contributed by atoms with Crippen molar-refractivity contribution in [2.24, 2.45) is 0 Å². The van der Waals surface area contributed by atoms with Crippen molar-refractivity contribution in [3.8, 4) is 11.3 Å². The van der Waals surface area contributed by atoms with Crippen molar-refractivity contribution < 1.29 is 4.79 Å². The molecule has 0 bridgehead atoms. The third-order valence-electron chi connectivity index (χ3n) is 5.80. The van der Waals surface area contributed by atoms with Gasteiger partial charge in [0.15, 0.2) is 5.65 Å². The van der Waals surface area contributed by atoms with Crippen LogP contribution < -0.4 is 4.90 Å². The standard InChI is InChI=1S/C24H24N6O/c1-2-30-23-21(17-26-30)20(16-22(27-23)18-6-4-3-5-7-18)24(31)29-14-12-28(13-15-29)19-8-10-25-11-9-19/h3-11,16-17H,2,12-15H2,1H3. The Kier molecular flexibility index (Phi) is 5.08. The third kappa shape index (κ3) is 3.63. The normalized spacial score (nSPS) is 14.2. The van der Waals surface area contributed by atoms with E-state index in [4.69, 9.17) is 4.98 Å². The minimum atomic E-state index is 0.0367. The zero-order chi connectivity index (χ0) is 21.2. The van der Waals surface area contributed by atoms with E-state index in [1.54, 1.807) is 18.6 Å². The van der Waals surface area contributed by atoms with Crippen molar-refractivity contribution in [2.45, 2.75) is 13.5 Å². The summed E-state index contributed by atoms with van der Waals surface area (Å²) in [7, 11) is 0. The largest absolute Gasteiger partial charge is 0.368 e. The van der Waals surface area contributed by atoms with E-state index < -0.39 is 0 Å². The number of rotatable bonds is 4. The summed E-state index contributed by atoms with van der Waals surface area (Å²) in [5, 5.41) is 5.27. The molecule has 1 saturated heterocycles. The molecule has 0 atom stereocenters. The van der Waals surface area contributed by atoms with Crippen LogP contribution in [0.25, 0.3) is 22.3 Å². The van der Waals surface area contributed by atoms with Gasteiger partial charge in [-0.05, 0) is 25.1 Å². The Morgan fingerprint density at radius 1 is 1.00 bits per heavy atom. The lowest BCUT2D eigenvalue weighted by atomic mass is 10.1. The van der Waals surface area contributed by atoms with Crippen molar-refractivity contribution in [1.82, 2.24) is 24.6 Å². The monoisotopic (exact) mass is 412 g/mol. The van der Waals surface area contributed by atoms with Gasteiger partial charge in [0.05, 0.1) is 22.8 Å². The number of nitrogens with zero attached hydrogens (tertiary/aromatic N) is 6. The molecule has 1 aliphatic heterocycles. The maximum absolute atomic E-state index is 13.6. The van der Waals surface area contributed by atoms with Gasteiger partial charge in [-0.3, -0.25) is 9.78 Å². The number of piperazine rings is 1. The fourth-order valence-electron chi connectivity index (χ4n) is 4.11. The molecule has 1 amide bonds. The van der Waals surface area contributed by atoms with Crippen LogP contribution in [0.4, 0.5) is 5.69 Å². The minimum absolute atomic E-state index is 0.0367. The van der Waals surface area contributed by atoms with Crippen LogP contribution in [0.1, 0.15) is 17.3 Å². The Morgan fingerprint density at radius 2 is 1.74 bits per heavy atom. The van der Waals surface area contributed by atoms with Crippen LogP contribution in [-0.2, 0) is 6.54 Å². The van der Waals surface area contributed by atoms with Crippen LogP contribution in [0, 0.1) is 0 Å². The fraction of sp³-hybridized carbons (Fsp3) is 0.250. The summed E-state index contributed by atoms with van der Waals surface area (Å²) in [6.07, 6.45) is 5.37. The second kappa shape index (κ2) is 8.18. The molecular weight excluding hydrogens is 388 g/mol. The highest BCUT2D eigenvalue weighted by molar-refractivity contribution is 6.06. The van der Waals surface area contributed by atoms with Gasteiger partial charge in [-0.15, -0.1) is 0 Å². The molecule has 31 heavy (non-hydrogen) atoms. The molecule has 0 unspecified atom stereocenters. The van der Waals surface area contributed by atoms with Gasteiger partial charge in [0, 0.05) is 56.4 Å². The van der Waals surface area contributed by atoms with E-state index in [1.807, 2.05) is 65.0 Å². The molecule has 7 nitrogen and oxygen atoms in total. The summed E-state index contributed by atoms with van der Waals surface area (Å²) in [6.45, 7) is 5.67. The van der Waals surface area contributed by atoms with Gasteiger partial charge in [0.2, 0.25) is 0 Å². The molecular formula is C24H24N6O. The third-order valence-corrected chi connectivity index (χ3v) is 5.80. The predicted octanol–water partition coefficient (Wildman–Crippen LogP) is 3.48. The van der Waals surface area contributed by atoms with Gasteiger partial charge in [-0.1, -0.05) is 30.3 Å². The Morgan fingerprint density at radius 3 is 2.45 bits per heavy atom. The molecule has 5 rings (SSSR count). The van der Waals surface area contributed by atoms with Gasteiger partial charge in [0.25, 0.3) is 5.91 Å². The van der Waals surface area contributed by atoms with E-state index in [2.05, 4.69) is 15.0 Å². The van der Waals surface area contributed by atoms with E-state index in [9.17, 15) is 4.79 Å². The summed E-state index contributed by atoms with van der Waals surface area (Å²) in [5.41, 5.74) is 4.35. The van der Waals surface area contributed by atoms with Gasteiger partial charge in [-0.2, -0.15) is 5.10 Å². The molecule has 1 aliphatic rings. The van der Waals surface area contributed by atoms with Crippen LogP contribution in [0.2, 0.25) is 0 Å². The Hall–Kier alpha value is -3.74. The van der Waals surface area contributed by atoms with Gasteiger partial charge >= 0.3 is 0 Å². The van der Waals surface area contributed by atoms with E-state index in [1.165, 1.54) is 0 Å². The Balaban J connectivity index is 1.46. The number of hydrogen-bond acceptors (Lipinski definition) is 5. The highest BCUT2D eigenvalue weighted by Crippen LogP contribution is 2.26. The van der Waals surface area contributed by atoms with Gasteiger partial charge in [0.1, 0.15) is 0 Å². The first-order chi connectivity index (χ1) is 15.2. The number of benzene rings is 1. The number of pyridine rings is 2. The number of anilines is 1. The number of amides is 1. The fourth-order valence-corrected chi connectivity index (χ4v) is 4.11. The predicted molar refractivity (Wildman–Crippen MR) is 121 cm³/mol. The summed E-state index contributed by atoms with van der Waals surface area (Å²) in [4.78, 5) is 26.7. The van der Waals surface area contributed by atoms with E-state index in [0.717, 1.165) is 41.1 Å². The molecule has 156 valence electrons. The zero-order valence-electron chi connectivity index (χ0n) is 17.5. The zero-order valence-corrected chi connectivity index (χ0v) is 17.5. The van der Waals surface area contributed by atoms with E-state index in [0.29, 0.717) is 25.2 Å². The van der Waals surface area contributed by atoms with Crippen molar-refractivity contribution in [3.05, 3.63) is 72.7 Å². The molecule has 1 aromatic carbocycles. The lowest BCUT2D eigenvalue weighted by molar-refractivity contribution is 0.0748. The molecule has 0 aliphatic carbocycles. The van der Waals surface area contributed by atoms with Crippen LogP contribution in [-0.4, -0.2) is 56.7 Å². The van der Waals surface area contributed by atoms with Crippen LogP contribution in [0.5, 0.6) is 0 Å². The summed E-state index contributed by atoms with van der Waals surface area (Å²) < 4.78 is 1.85. The number of hydrogen-bond donors (Lipinski definition) is 0. The second-order valence-corrected chi connectivity index (χ2v) is 7.60. The van der Waals surface area contributed by atoms with E-state index >= 15 is 0 Å². The van der Waals surface area contributed by atoms with Crippen molar-refractivity contribution in [2.75, 3.05) is 31.1 Å². The van der Waals surface area contributed by atoms with E-state index in [-0.39, 0.29) is 5.91 Å². The highest BCUT2D eigenvalue weighted by atomic mass is 16.2. The first-order valence-corrected chi connectivity index (χ1v) is 10.6. The molecule has 0 spiro atoms. The number of carbonyl (C=O) groups excluding carboxylic acids is 1. The molecule has 3 aromatic heterocycles. The SMILES string of the molecule is CCn1ncc2c(C(=O)N3CCN(c4ccncc4)CC3)cc(-c3ccccc3)nc21. The lowest BCUT2D eigenvalue weighted by Crippen LogP contribution is -2.48. The molecule has 4 aromatic rings. The summed E-state index contributed by atoms with van der Waals surface area (Å²) in [5.74, 6) is 0.0367. The molecule has 4 heterocycles. The first kappa shape index (κ1) is 19.2. The lowest BCUT2D eigenvalue weighted by Gasteiger charge is -2.36. The van der Waals surface area contributed by atoms with Gasteiger partial charge < -0.3 is 9.80 Å². The second-order valence-electron chi connectivity index (χ2n) is 7.60. The Bertz CT molecular complexity index is 1200. The van der Waals surface area contributed by atoms with Crippen molar-refractivity contribution in [3.63, 3.8) is 0 Å². The summed E-state index contributed by atoms with van der Waals surface area (Å²) >= 11 is 0. The molecule has 0 saturated carbocycles. The molecule has 0 radical (unpaired) electrons. The molecule has 1 fully saturated rings. The minimum Gasteiger partial charge on any atom is -0.368 e. The van der Waals surface area contributed by atoms with Crippen LogP contribution in [0.3, 0.4) is 0 Å². The maximum atomic E-state index is 13.6. The summed E-state index contributed by atoms with van der Waals surface area (Å²) in [6, 6.07) is 15.9. The van der Waals surface area contributed by atoms with Crippen LogP contribution >= 0.6 is 0 Å². The van der Waals surface area contributed by atoms with Gasteiger partial charge in [-0.25, -0.2) is 9.67 Å². The molecule has 0 N–H and O–H groups in total. The highest BCUT2D eigenvalue weighted by Gasteiger charge is 2.25. The number of carbonyl (C=O) groups is 1. The first-order valence-electron chi connectivity index (χ1n) is 10.6. The Labute approximate surface area is 181 Å². The van der Waals surface area contributed by atoms with Crippen molar-refractivity contribution >= 4 is 22.6 Å². The number of aromatic nitrogens is 4. The number of aryl methyl sites for hydroxylation is 1.